The summed E-state index contributed by atoms with van der Waals surface area (Å²) in [7, 11) is 7.49. The van der Waals surface area contributed by atoms with Gasteiger partial charge in [-0.1, -0.05) is 71.9 Å². The molecule has 0 aliphatic heterocycles. The van der Waals surface area contributed by atoms with Crippen LogP contribution in [0.2, 0.25) is 0 Å². The van der Waals surface area contributed by atoms with E-state index in [1.165, 1.54) is 25.4 Å². The van der Waals surface area contributed by atoms with Crippen molar-refractivity contribution in [2.75, 3.05) is 42.3 Å². The van der Waals surface area contributed by atoms with Crippen LogP contribution in [0, 0.1) is 0 Å². The van der Waals surface area contributed by atoms with Gasteiger partial charge in [-0.3, -0.25) is 0 Å². The number of hydrogen-bond acceptors (Lipinski definition) is 9. The lowest BCUT2D eigenvalue weighted by Crippen LogP contribution is -2.04. The van der Waals surface area contributed by atoms with E-state index in [0.717, 1.165) is 39.8 Å². The van der Waals surface area contributed by atoms with E-state index >= 15 is 0 Å². The van der Waals surface area contributed by atoms with Crippen LogP contribution in [0.3, 0.4) is 0 Å². The van der Waals surface area contributed by atoms with Gasteiger partial charge in [0.15, 0.2) is 29.8 Å². The van der Waals surface area contributed by atoms with Crippen molar-refractivity contribution in [1.29, 1.82) is 0 Å². The molecule has 4 aromatic rings. The maximum atomic E-state index is 11.5. The third kappa shape index (κ3) is 14.5. The number of methoxy groups -OCH3 is 5. The quantitative estimate of drug-likeness (QED) is 0.0545. The molecule has 0 aliphatic carbocycles. The van der Waals surface area contributed by atoms with Crippen molar-refractivity contribution >= 4 is 48.6 Å². The number of carbonyl (C=O) groups excluding carboxylic acids is 2. The van der Waals surface area contributed by atoms with Crippen molar-refractivity contribution in [1.82, 2.24) is 0 Å². The zero-order valence-electron chi connectivity index (χ0n) is 33.6. The third-order valence-corrected chi connectivity index (χ3v) is 8.15. The minimum Gasteiger partial charge on any atom is -0.504 e. The molecule has 4 rings (SSSR count). The smallest absolute Gasteiger partial charge is 0.337 e. The standard InChI is InChI=1S/C24H28O5.C22H24O4.ClH/c1-17(2)6-11-21-14-19(15-22(27-4)23(21)29-16-26-3)8-7-18-9-12-20(13-10-18)24(25)28-5;1-15(2)5-10-19-13-17(14-20(25-3)21(19)23)7-6-16-8-11-18(12-9-16)22(24)26-4;/h6-10,12-15H,11,16H2,1-5H3;5-9,11-14,23H,10H2,1-4H3;1H/b8-7+;7-6+;. The normalized spacial score (nSPS) is 10.4. The van der Waals surface area contributed by atoms with E-state index in [9.17, 15) is 14.7 Å². The Balaban J connectivity index is 0.000000382. The molecular formula is C46H53ClO9. The van der Waals surface area contributed by atoms with Crippen molar-refractivity contribution in [2.24, 2.45) is 0 Å². The molecule has 298 valence electrons. The second kappa shape index (κ2) is 23.9. The summed E-state index contributed by atoms with van der Waals surface area (Å²) in [5, 5.41) is 10.3. The van der Waals surface area contributed by atoms with E-state index in [1.54, 1.807) is 51.7 Å². The van der Waals surface area contributed by atoms with Crippen LogP contribution in [0.25, 0.3) is 24.3 Å². The molecule has 0 radical (unpaired) electrons. The van der Waals surface area contributed by atoms with Gasteiger partial charge >= 0.3 is 11.9 Å². The summed E-state index contributed by atoms with van der Waals surface area (Å²) >= 11 is 0. The Morgan fingerprint density at radius 2 is 0.982 bits per heavy atom. The Morgan fingerprint density at radius 1 is 0.571 bits per heavy atom. The second-order valence-electron chi connectivity index (χ2n) is 12.9. The highest BCUT2D eigenvalue weighted by molar-refractivity contribution is 5.90. The average Bonchev–Trinajstić information content (AvgIpc) is 3.20. The first-order valence-electron chi connectivity index (χ1n) is 17.6. The van der Waals surface area contributed by atoms with E-state index in [-0.39, 0.29) is 36.9 Å². The molecule has 0 unspecified atom stereocenters. The number of halogens is 1. The highest BCUT2D eigenvalue weighted by Gasteiger charge is 2.13. The molecule has 0 spiro atoms. The third-order valence-electron chi connectivity index (χ3n) is 8.15. The summed E-state index contributed by atoms with van der Waals surface area (Å²) in [5.74, 6) is 1.26. The number of esters is 2. The van der Waals surface area contributed by atoms with Crippen molar-refractivity contribution in [3.63, 3.8) is 0 Å². The largest absolute Gasteiger partial charge is 0.504 e. The van der Waals surface area contributed by atoms with Crippen LogP contribution >= 0.6 is 12.4 Å². The molecule has 0 saturated carbocycles. The molecular weight excluding hydrogens is 732 g/mol. The van der Waals surface area contributed by atoms with Gasteiger partial charge in [0.05, 0.1) is 39.6 Å². The minimum absolute atomic E-state index is 0. The SMILES string of the molecule is COC(=O)c1ccc(/C=C/c2cc(CC=C(C)C)c(O)c(OC)c2)cc1.COCOc1c(CC=C(C)C)cc(/C=C/c2ccc(C(=O)OC)cc2)cc1OC.Cl. The molecule has 1 N–H and O–H groups in total. The zero-order valence-corrected chi connectivity index (χ0v) is 34.5. The molecule has 0 aliphatic rings. The number of ether oxygens (including phenoxy) is 6. The van der Waals surface area contributed by atoms with Crippen LogP contribution < -0.4 is 14.2 Å². The van der Waals surface area contributed by atoms with Gasteiger partial charge in [-0.25, -0.2) is 9.59 Å². The topological polar surface area (TPSA) is 110 Å². The molecule has 0 aromatic heterocycles. The number of phenols is 1. The summed E-state index contributed by atoms with van der Waals surface area (Å²) in [6.07, 6.45) is 13.4. The van der Waals surface area contributed by atoms with Gasteiger partial charge in [-0.05, 0) is 111 Å². The van der Waals surface area contributed by atoms with Crippen LogP contribution in [0.15, 0.2) is 96.1 Å². The molecule has 0 fully saturated rings. The Morgan fingerprint density at radius 3 is 1.39 bits per heavy atom. The fraction of sp³-hybridized carbons (Fsp3) is 0.261. The molecule has 56 heavy (non-hydrogen) atoms. The zero-order chi connectivity index (χ0) is 40.3. The van der Waals surface area contributed by atoms with Crippen molar-refractivity contribution in [3.8, 4) is 23.0 Å². The first kappa shape index (κ1) is 46.4. The minimum atomic E-state index is -0.354. The first-order valence-corrected chi connectivity index (χ1v) is 17.6. The van der Waals surface area contributed by atoms with E-state index in [4.69, 9.17) is 28.4 Å². The predicted molar refractivity (Wildman–Crippen MR) is 227 cm³/mol. The Labute approximate surface area is 337 Å². The van der Waals surface area contributed by atoms with Crippen molar-refractivity contribution in [3.05, 3.63) is 141 Å². The lowest BCUT2D eigenvalue weighted by molar-refractivity contribution is 0.0485. The highest BCUT2D eigenvalue weighted by atomic mass is 35.5. The number of hydrogen-bond donors (Lipinski definition) is 1. The molecule has 0 bridgehead atoms. The number of aromatic hydroxyl groups is 1. The summed E-state index contributed by atoms with van der Waals surface area (Å²) < 4.78 is 31.1. The number of carbonyl (C=O) groups is 2. The lowest BCUT2D eigenvalue weighted by Gasteiger charge is -2.15. The Bertz CT molecular complexity index is 2000. The number of phenolic OH excluding ortho intramolecular Hbond substituents is 1. The van der Waals surface area contributed by atoms with Crippen LogP contribution in [0.4, 0.5) is 0 Å². The van der Waals surface area contributed by atoms with Gasteiger partial charge in [0.2, 0.25) is 0 Å². The predicted octanol–water partition coefficient (Wildman–Crippen LogP) is 10.4. The molecule has 0 saturated heterocycles. The maximum Gasteiger partial charge on any atom is 0.337 e. The van der Waals surface area contributed by atoms with E-state index in [0.29, 0.717) is 34.8 Å². The summed E-state index contributed by atoms with van der Waals surface area (Å²) in [6, 6.07) is 22.1. The Hall–Kier alpha value is -5.77. The van der Waals surface area contributed by atoms with E-state index in [2.05, 4.69) is 32.1 Å². The fourth-order valence-corrected chi connectivity index (χ4v) is 5.17. The van der Waals surface area contributed by atoms with Crippen LogP contribution in [0.1, 0.15) is 81.8 Å². The number of rotatable bonds is 15. The van der Waals surface area contributed by atoms with Crippen LogP contribution in [-0.2, 0) is 27.1 Å². The van der Waals surface area contributed by atoms with Gasteiger partial charge in [-0.15, -0.1) is 12.4 Å². The number of benzene rings is 4. The summed E-state index contributed by atoms with van der Waals surface area (Å²) in [5.41, 5.74) is 9.13. The highest BCUT2D eigenvalue weighted by Crippen LogP contribution is 2.35. The monoisotopic (exact) mass is 784 g/mol. The molecule has 0 heterocycles. The number of allylic oxidation sites excluding steroid dienone is 4. The maximum absolute atomic E-state index is 11.5. The molecule has 0 amide bonds. The van der Waals surface area contributed by atoms with Crippen LogP contribution in [0.5, 0.6) is 23.0 Å². The van der Waals surface area contributed by atoms with Gasteiger partial charge in [0, 0.05) is 18.2 Å². The average molecular weight is 785 g/mol. The lowest BCUT2D eigenvalue weighted by atomic mass is 10.0. The van der Waals surface area contributed by atoms with Gasteiger partial charge < -0.3 is 33.5 Å². The molecule has 9 nitrogen and oxygen atoms in total. The molecule has 10 heteroatoms. The fourth-order valence-electron chi connectivity index (χ4n) is 5.17. The van der Waals surface area contributed by atoms with Crippen LogP contribution in [-0.4, -0.2) is 59.4 Å². The summed E-state index contributed by atoms with van der Waals surface area (Å²) in [6.45, 7) is 8.33. The summed E-state index contributed by atoms with van der Waals surface area (Å²) in [4.78, 5) is 23.0. The van der Waals surface area contributed by atoms with Crippen molar-refractivity contribution < 1.29 is 43.1 Å². The second-order valence-corrected chi connectivity index (χ2v) is 12.9. The first-order chi connectivity index (χ1) is 26.4. The molecule has 0 atom stereocenters. The van der Waals surface area contributed by atoms with Gasteiger partial charge in [0.25, 0.3) is 0 Å². The van der Waals surface area contributed by atoms with E-state index < -0.39 is 0 Å². The molecule has 4 aromatic carbocycles. The van der Waals surface area contributed by atoms with Crippen molar-refractivity contribution in [2.45, 2.75) is 40.5 Å². The van der Waals surface area contributed by atoms with E-state index in [1.807, 2.05) is 74.5 Å². The van der Waals surface area contributed by atoms with Gasteiger partial charge in [-0.2, -0.15) is 0 Å². The Kier molecular flexibility index (Phi) is 19.8. The van der Waals surface area contributed by atoms with Gasteiger partial charge in [0.1, 0.15) is 0 Å².